The van der Waals surface area contributed by atoms with Gasteiger partial charge in [0.05, 0.1) is 0 Å². The molecule has 0 N–H and O–H groups in total. The van der Waals surface area contributed by atoms with E-state index in [4.69, 9.17) is 0 Å². The Morgan fingerprint density at radius 3 is 1.04 bits per heavy atom. The molecule has 0 nitrogen and oxygen atoms in total. The molecule has 0 unspecified atom stereocenters. The number of hydrogen-bond acceptors (Lipinski definition) is 4. The van der Waals surface area contributed by atoms with Crippen molar-refractivity contribution in [2.75, 3.05) is 0 Å². The van der Waals surface area contributed by atoms with Gasteiger partial charge in [0, 0.05) is 0 Å². The Morgan fingerprint density at radius 2 is 0.808 bits per heavy atom. The minimum atomic E-state index is -1.02. The summed E-state index contributed by atoms with van der Waals surface area (Å²) in [6.45, 7) is 4.70. The molecule has 0 saturated heterocycles. The van der Waals surface area contributed by atoms with Crippen LogP contribution < -0.4 is 17.6 Å². The summed E-state index contributed by atoms with van der Waals surface area (Å²) < 4.78 is 6.92. The molecule has 2 radical (unpaired) electrons. The maximum atomic E-state index is 2.37. The quantitative estimate of drug-likeness (QED) is 0.325. The van der Waals surface area contributed by atoms with Crippen molar-refractivity contribution >= 4 is 91.6 Å². The maximum absolute atomic E-state index is 2.37. The molecule has 26 heavy (non-hydrogen) atoms. The molecule has 2 aliphatic rings. The third kappa shape index (κ3) is 2.71. The Labute approximate surface area is 179 Å². The molecule has 0 amide bonds. The topological polar surface area (TPSA) is 0 Å². The van der Waals surface area contributed by atoms with Crippen molar-refractivity contribution < 1.29 is 0 Å². The first-order valence-electron chi connectivity index (χ1n) is 8.87. The Morgan fingerprint density at radius 1 is 0.538 bits per heavy atom. The molecule has 0 spiro atoms. The van der Waals surface area contributed by atoms with Crippen LogP contribution in [0.5, 0.6) is 0 Å². The van der Waals surface area contributed by atoms with Crippen LogP contribution in [0.1, 0.15) is 13.8 Å². The van der Waals surface area contributed by atoms with Crippen molar-refractivity contribution in [3.8, 4) is 19.5 Å². The second-order valence-electron chi connectivity index (χ2n) is 6.32. The molecule has 2 aliphatic heterocycles. The third-order valence-corrected chi connectivity index (χ3v) is 22.5. The Bertz CT molecular complexity index is 886. The monoisotopic (exact) mass is 534 g/mol. The summed E-state index contributed by atoms with van der Waals surface area (Å²) in [5.74, 6) is 0. The summed E-state index contributed by atoms with van der Waals surface area (Å²) in [6, 6.07) is 9.47. The van der Waals surface area contributed by atoms with Crippen molar-refractivity contribution in [3.05, 3.63) is 45.8 Å². The fraction of sp³-hybridized carbons (Fsp3) is 0.200. The van der Waals surface area contributed by atoms with Gasteiger partial charge in [-0.05, 0) is 0 Å². The van der Waals surface area contributed by atoms with Crippen molar-refractivity contribution in [3.63, 3.8) is 0 Å². The van der Waals surface area contributed by atoms with E-state index in [1.807, 2.05) is 45.3 Å². The number of hydrogen-bond donors (Lipinski definition) is 0. The molecular weight excluding hydrogens is 514 g/mol. The summed E-state index contributed by atoms with van der Waals surface area (Å²) in [7, 11) is 0. The third-order valence-electron chi connectivity index (χ3n) is 5.08. The van der Waals surface area contributed by atoms with Gasteiger partial charge in [-0.2, -0.15) is 0 Å². The summed E-state index contributed by atoms with van der Waals surface area (Å²) in [5.41, 5.74) is 0. The molecule has 0 saturated carbocycles. The number of rotatable bonds is 2. The molecular formula is C20H18Ge2S4. The minimum absolute atomic E-state index is 1.02. The van der Waals surface area contributed by atoms with Crippen LogP contribution in [-0.4, -0.2) is 28.7 Å². The summed E-state index contributed by atoms with van der Waals surface area (Å²) in [5, 5.41) is 11.8. The van der Waals surface area contributed by atoms with Crippen LogP contribution >= 0.6 is 45.3 Å². The molecule has 0 atom stereocenters. The summed E-state index contributed by atoms with van der Waals surface area (Å²) in [4.78, 5) is 6.40. The Balaban J connectivity index is 0.000000115. The zero-order valence-electron chi connectivity index (χ0n) is 14.7. The normalized spacial score (nSPS) is 14.5. The number of thiophene rings is 4. The molecule has 6 heterocycles. The van der Waals surface area contributed by atoms with E-state index in [-0.39, 0.29) is 0 Å². The molecule has 4 aromatic heterocycles. The van der Waals surface area contributed by atoms with Gasteiger partial charge < -0.3 is 0 Å². The van der Waals surface area contributed by atoms with Crippen molar-refractivity contribution in [2.24, 2.45) is 0 Å². The van der Waals surface area contributed by atoms with E-state index in [1.54, 1.807) is 37.1 Å². The van der Waals surface area contributed by atoms with E-state index in [1.165, 1.54) is 10.5 Å². The van der Waals surface area contributed by atoms with E-state index in [0.717, 1.165) is 0 Å². The molecule has 130 valence electrons. The van der Waals surface area contributed by atoms with Gasteiger partial charge in [-0.15, -0.1) is 0 Å². The van der Waals surface area contributed by atoms with Crippen molar-refractivity contribution in [2.45, 2.75) is 24.4 Å². The predicted molar refractivity (Wildman–Crippen MR) is 126 cm³/mol. The predicted octanol–water partition coefficient (Wildman–Crippen LogP) is 4.84. The second-order valence-corrected chi connectivity index (χ2v) is 21.5. The van der Waals surface area contributed by atoms with Crippen LogP contribution in [-0.2, 0) is 0 Å². The average molecular weight is 532 g/mol. The van der Waals surface area contributed by atoms with Crippen LogP contribution in [0, 0.1) is 0 Å². The molecule has 0 fully saturated rings. The van der Waals surface area contributed by atoms with E-state index in [2.05, 4.69) is 59.6 Å². The molecule has 0 bridgehead atoms. The van der Waals surface area contributed by atoms with Gasteiger partial charge in [0.25, 0.3) is 0 Å². The zero-order valence-corrected chi connectivity index (χ0v) is 22.1. The van der Waals surface area contributed by atoms with Crippen LogP contribution in [0.15, 0.2) is 45.8 Å². The molecule has 4 aromatic rings. The van der Waals surface area contributed by atoms with Gasteiger partial charge >= 0.3 is 181 Å². The van der Waals surface area contributed by atoms with Crippen LogP contribution in [0.4, 0.5) is 0 Å². The fourth-order valence-corrected chi connectivity index (χ4v) is 23.5. The average Bonchev–Trinajstić information content (AvgIpc) is 3.41. The van der Waals surface area contributed by atoms with E-state index in [0.29, 0.717) is 0 Å². The van der Waals surface area contributed by atoms with Crippen molar-refractivity contribution in [1.82, 2.24) is 0 Å². The first-order chi connectivity index (χ1) is 12.8. The second kappa shape index (κ2) is 7.37. The molecule has 0 aliphatic carbocycles. The Kier molecular flexibility index (Phi) is 5.09. The van der Waals surface area contributed by atoms with Crippen LogP contribution in [0.25, 0.3) is 19.5 Å². The van der Waals surface area contributed by atoms with Gasteiger partial charge in [0.15, 0.2) is 0 Å². The SMILES string of the molecule is C[CH2][Ge]1[c]2ccsc2-c2scc[c]21.C[CH2][Ge]1[c]2ccsc2-c2scc[c]21. The van der Waals surface area contributed by atoms with E-state index in [9.17, 15) is 0 Å². The number of fused-ring (bicyclic) bond motifs is 6. The zero-order chi connectivity index (χ0) is 17.7. The standard InChI is InChI=1S/2C10H9GeS2/c2*1-2-11-7-3-5-12-9(7)10-8(11)4-6-13-10/h2*3-6H,2H2,1H3. The first kappa shape index (κ1) is 17.9. The van der Waals surface area contributed by atoms with Gasteiger partial charge in [0.1, 0.15) is 0 Å². The van der Waals surface area contributed by atoms with Crippen LogP contribution in [0.2, 0.25) is 10.5 Å². The molecule has 6 rings (SSSR count). The first-order valence-corrected chi connectivity index (χ1v) is 19.6. The van der Waals surface area contributed by atoms with Gasteiger partial charge in [0.2, 0.25) is 0 Å². The van der Waals surface area contributed by atoms with E-state index >= 15 is 0 Å². The Hall–Kier alpha value is -0.114. The molecule has 0 aromatic carbocycles. The van der Waals surface area contributed by atoms with Gasteiger partial charge in [-0.1, -0.05) is 0 Å². The van der Waals surface area contributed by atoms with Crippen molar-refractivity contribution in [1.29, 1.82) is 0 Å². The van der Waals surface area contributed by atoms with E-state index < -0.39 is 28.7 Å². The molecule has 6 heteroatoms. The van der Waals surface area contributed by atoms with Gasteiger partial charge in [-0.3, -0.25) is 0 Å². The summed E-state index contributed by atoms with van der Waals surface area (Å²) in [6.07, 6.45) is 0. The summed E-state index contributed by atoms with van der Waals surface area (Å²) >= 11 is 5.68. The van der Waals surface area contributed by atoms with Gasteiger partial charge in [-0.25, -0.2) is 0 Å². The fourth-order valence-electron chi connectivity index (χ4n) is 3.94. The van der Waals surface area contributed by atoms with Crippen LogP contribution in [0.3, 0.4) is 0 Å².